The first-order chi connectivity index (χ1) is 22.6. The molecule has 5 aromatic carbocycles. The Morgan fingerprint density at radius 1 is 0.674 bits per heavy atom. The molecule has 1 aliphatic rings. The van der Waals surface area contributed by atoms with Crippen molar-refractivity contribution >= 4 is 71.9 Å². The molecule has 7 aromatic rings. The number of benzene rings is 5. The molecule has 4 nitrogen and oxygen atoms in total. The molecule has 0 saturated heterocycles. The van der Waals surface area contributed by atoms with E-state index in [0.717, 1.165) is 76.9 Å². The van der Waals surface area contributed by atoms with E-state index in [1.165, 1.54) is 0 Å². The summed E-state index contributed by atoms with van der Waals surface area (Å²) >= 11 is 0. The number of aromatic nitrogens is 2. The van der Waals surface area contributed by atoms with Crippen LogP contribution < -0.4 is 0 Å². The van der Waals surface area contributed by atoms with Gasteiger partial charge in [-0.15, -0.1) is 0 Å². The van der Waals surface area contributed by atoms with Crippen molar-refractivity contribution in [3.8, 4) is 12.1 Å². The van der Waals surface area contributed by atoms with E-state index in [4.69, 9.17) is 0 Å². The topological polar surface area (TPSA) is 57.4 Å². The van der Waals surface area contributed by atoms with Crippen LogP contribution in [0.15, 0.2) is 139 Å². The zero-order valence-corrected chi connectivity index (χ0v) is 25.3. The van der Waals surface area contributed by atoms with Gasteiger partial charge in [-0.25, -0.2) is 0 Å². The highest BCUT2D eigenvalue weighted by Crippen LogP contribution is 2.44. The Bertz CT molecular complexity index is 2650. The van der Waals surface area contributed by atoms with Crippen molar-refractivity contribution in [2.24, 2.45) is 0 Å². The Labute approximate surface area is 266 Å². The summed E-state index contributed by atoms with van der Waals surface area (Å²) in [6, 6.07) is 38.8. The maximum Gasteiger partial charge on any atom is 0.100 e. The Morgan fingerprint density at radius 2 is 1.30 bits per heavy atom. The third-order valence-electron chi connectivity index (χ3n) is 9.16. The van der Waals surface area contributed by atoms with Crippen molar-refractivity contribution in [1.82, 2.24) is 9.13 Å². The van der Waals surface area contributed by atoms with Crippen molar-refractivity contribution < 1.29 is 0 Å². The lowest BCUT2D eigenvalue weighted by Gasteiger charge is -2.20. The number of aryl methyl sites for hydroxylation is 1. The van der Waals surface area contributed by atoms with Gasteiger partial charge in [-0.3, -0.25) is 0 Å². The number of nitrogens with zero attached hydrogens (tertiary/aromatic N) is 4. The minimum atomic E-state index is 0.340. The maximum absolute atomic E-state index is 10.4. The van der Waals surface area contributed by atoms with Crippen LogP contribution in [0.5, 0.6) is 0 Å². The fourth-order valence-electron chi connectivity index (χ4n) is 7.09. The van der Waals surface area contributed by atoms with Gasteiger partial charge in [-0.05, 0) is 36.1 Å². The third-order valence-corrected chi connectivity index (χ3v) is 9.16. The van der Waals surface area contributed by atoms with E-state index in [1.54, 1.807) is 6.08 Å². The Morgan fingerprint density at radius 3 is 2.00 bits per heavy atom. The van der Waals surface area contributed by atoms with Crippen LogP contribution in [-0.4, -0.2) is 9.13 Å². The number of allylic oxidation sites excluding steroid dienone is 8. The first-order valence-corrected chi connectivity index (χ1v) is 15.3. The summed E-state index contributed by atoms with van der Waals surface area (Å²) in [6.07, 6.45) is 10.2. The standard InChI is InChI=1S/C42H28N4/c1-3-4-12-31-27(2)18-21-35-33-14-8-10-17-38(33)46(41(31)35)40-24-30(26-44)29(25-43)20-23-39(40)45-37-16-9-7-15-34(37)36-22-19-28-11-5-6-13-32(28)42(36)45/h3-19,21-24H,1,20H2,2H3/b12-4-. The quantitative estimate of drug-likeness (QED) is 0.192. The molecule has 0 N–H and O–H groups in total. The second kappa shape index (κ2) is 10.7. The SMILES string of the molecule is C=C/C=C\c1c(C)ccc2c3ccccc3n(C3=CC(C#N)=C(C#N)CC=C3n3c4ccccc4c4ccc5ccccc5c43)c12. The maximum atomic E-state index is 10.4. The highest BCUT2D eigenvalue weighted by atomic mass is 15.1. The Balaban J connectivity index is 1.59. The first-order valence-electron chi connectivity index (χ1n) is 15.3. The average molecular weight is 589 g/mol. The molecule has 0 unspecified atom stereocenters. The molecule has 4 heteroatoms. The predicted octanol–water partition coefficient (Wildman–Crippen LogP) is 10.7. The molecule has 0 spiro atoms. The van der Waals surface area contributed by atoms with Crippen molar-refractivity contribution in [3.63, 3.8) is 0 Å². The molecule has 0 radical (unpaired) electrons. The number of hydrogen-bond donors (Lipinski definition) is 0. The second-order valence-electron chi connectivity index (χ2n) is 11.6. The molecule has 0 atom stereocenters. The fraction of sp³-hybridized carbons (Fsp3) is 0.0476. The molecule has 0 aliphatic heterocycles. The summed E-state index contributed by atoms with van der Waals surface area (Å²) in [5.74, 6) is 0. The van der Waals surface area contributed by atoms with Gasteiger partial charge in [-0.2, -0.15) is 10.5 Å². The van der Waals surface area contributed by atoms with Crippen LogP contribution in [0.3, 0.4) is 0 Å². The van der Waals surface area contributed by atoms with Crippen LogP contribution in [-0.2, 0) is 0 Å². The molecule has 0 bridgehead atoms. The van der Waals surface area contributed by atoms with Crippen molar-refractivity contribution in [1.29, 1.82) is 10.5 Å². The molecule has 2 heterocycles. The number of rotatable bonds is 4. The normalized spacial score (nSPS) is 13.8. The molecule has 0 amide bonds. The van der Waals surface area contributed by atoms with Gasteiger partial charge in [0.15, 0.2) is 0 Å². The van der Waals surface area contributed by atoms with E-state index in [0.29, 0.717) is 17.6 Å². The lowest BCUT2D eigenvalue weighted by Crippen LogP contribution is -2.07. The van der Waals surface area contributed by atoms with Crippen molar-refractivity contribution in [2.45, 2.75) is 13.3 Å². The van der Waals surface area contributed by atoms with Crippen molar-refractivity contribution in [2.75, 3.05) is 0 Å². The van der Waals surface area contributed by atoms with Gasteiger partial charge in [-0.1, -0.05) is 116 Å². The highest BCUT2D eigenvalue weighted by Gasteiger charge is 2.26. The van der Waals surface area contributed by atoms with Gasteiger partial charge in [0.2, 0.25) is 0 Å². The largest absolute Gasteiger partial charge is 0.307 e. The van der Waals surface area contributed by atoms with Gasteiger partial charge in [0.1, 0.15) is 6.07 Å². The lowest BCUT2D eigenvalue weighted by atomic mass is 10.0. The molecule has 8 rings (SSSR count). The Hall–Kier alpha value is -6.36. The average Bonchev–Trinajstić information content (AvgIpc) is 3.54. The van der Waals surface area contributed by atoms with E-state index in [2.05, 4.69) is 144 Å². The second-order valence-corrected chi connectivity index (χ2v) is 11.6. The molecule has 2 aromatic heterocycles. The lowest BCUT2D eigenvalue weighted by molar-refractivity contribution is 1.15. The van der Waals surface area contributed by atoms with Gasteiger partial charge in [0.25, 0.3) is 0 Å². The summed E-state index contributed by atoms with van der Waals surface area (Å²) in [7, 11) is 0. The molecular weight excluding hydrogens is 560 g/mol. The molecule has 46 heavy (non-hydrogen) atoms. The summed E-state index contributed by atoms with van der Waals surface area (Å²) in [4.78, 5) is 0. The summed E-state index contributed by atoms with van der Waals surface area (Å²) in [6.45, 7) is 6.05. The van der Waals surface area contributed by atoms with Crippen LogP contribution in [0.25, 0.3) is 71.9 Å². The summed E-state index contributed by atoms with van der Waals surface area (Å²) in [5.41, 5.74) is 9.01. The summed E-state index contributed by atoms with van der Waals surface area (Å²) in [5, 5.41) is 27.4. The van der Waals surface area contributed by atoms with Crippen LogP contribution in [0, 0.1) is 29.6 Å². The van der Waals surface area contributed by atoms with E-state index in [9.17, 15) is 10.5 Å². The molecule has 0 saturated carbocycles. The minimum Gasteiger partial charge on any atom is -0.307 e. The predicted molar refractivity (Wildman–Crippen MR) is 192 cm³/mol. The fourth-order valence-corrected chi connectivity index (χ4v) is 7.09. The van der Waals surface area contributed by atoms with E-state index in [-0.39, 0.29) is 0 Å². The van der Waals surface area contributed by atoms with Crippen LogP contribution in [0.1, 0.15) is 17.5 Å². The van der Waals surface area contributed by atoms with Crippen LogP contribution >= 0.6 is 0 Å². The number of para-hydroxylation sites is 2. The van der Waals surface area contributed by atoms with Gasteiger partial charge >= 0.3 is 0 Å². The van der Waals surface area contributed by atoms with Crippen LogP contribution in [0.4, 0.5) is 0 Å². The van der Waals surface area contributed by atoms with Crippen molar-refractivity contribution in [3.05, 3.63) is 150 Å². The first kappa shape index (κ1) is 27.2. The molecular formula is C42H28N4. The monoisotopic (exact) mass is 588 g/mol. The third kappa shape index (κ3) is 3.91. The zero-order valence-electron chi connectivity index (χ0n) is 25.3. The van der Waals surface area contributed by atoms with E-state index >= 15 is 0 Å². The van der Waals surface area contributed by atoms with Gasteiger partial charge in [0, 0.05) is 38.9 Å². The molecule has 216 valence electrons. The number of fused-ring (bicyclic) bond motifs is 8. The highest BCUT2D eigenvalue weighted by molar-refractivity contribution is 6.22. The number of hydrogen-bond acceptors (Lipinski definition) is 2. The van der Waals surface area contributed by atoms with Gasteiger partial charge < -0.3 is 9.13 Å². The smallest absolute Gasteiger partial charge is 0.100 e. The Kier molecular flexibility index (Phi) is 6.31. The zero-order chi connectivity index (χ0) is 31.4. The molecule has 0 fully saturated rings. The van der Waals surface area contributed by atoms with Gasteiger partial charge in [0.05, 0.1) is 50.7 Å². The van der Waals surface area contributed by atoms with E-state index < -0.39 is 0 Å². The summed E-state index contributed by atoms with van der Waals surface area (Å²) < 4.78 is 4.62. The number of nitriles is 2. The minimum absolute atomic E-state index is 0.340. The van der Waals surface area contributed by atoms with Crippen LogP contribution in [0.2, 0.25) is 0 Å². The van der Waals surface area contributed by atoms with E-state index in [1.807, 2.05) is 12.2 Å². The molecule has 1 aliphatic carbocycles.